The molecule has 1 aliphatic rings. The van der Waals surface area contributed by atoms with E-state index >= 15 is 0 Å². The van der Waals surface area contributed by atoms with Crippen molar-refractivity contribution in [3.05, 3.63) is 76.8 Å². The van der Waals surface area contributed by atoms with Gasteiger partial charge in [0.1, 0.15) is 0 Å². The van der Waals surface area contributed by atoms with Crippen LogP contribution in [0.4, 0.5) is 0 Å². The van der Waals surface area contributed by atoms with Gasteiger partial charge < -0.3 is 0 Å². The van der Waals surface area contributed by atoms with E-state index in [4.69, 9.17) is 11.6 Å². The van der Waals surface area contributed by atoms with Crippen molar-refractivity contribution in [3.8, 4) is 0 Å². The van der Waals surface area contributed by atoms with Crippen LogP contribution in [0.15, 0.2) is 60.7 Å². The molecule has 0 nitrogen and oxygen atoms in total. The molecule has 18 heavy (non-hydrogen) atoms. The van der Waals surface area contributed by atoms with Crippen LogP contribution in [0, 0.1) is 5.92 Å². The maximum atomic E-state index is 6.02. The molecule has 0 heterocycles. The van der Waals surface area contributed by atoms with E-state index in [1.165, 1.54) is 17.5 Å². The fourth-order valence-electron chi connectivity index (χ4n) is 2.35. The van der Waals surface area contributed by atoms with Crippen LogP contribution in [0.2, 0.25) is 5.02 Å². The molecule has 2 aromatic rings. The van der Waals surface area contributed by atoms with Gasteiger partial charge in [-0.25, -0.2) is 0 Å². The lowest BCUT2D eigenvalue weighted by Crippen LogP contribution is -1.81. The van der Waals surface area contributed by atoms with E-state index in [-0.39, 0.29) is 0 Å². The molecule has 0 radical (unpaired) electrons. The Bertz CT molecular complexity index is 557. The Morgan fingerprint density at radius 1 is 1.00 bits per heavy atom. The molecular formula is C17H15Cl. The highest BCUT2D eigenvalue weighted by molar-refractivity contribution is 6.30. The van der Waals surface area contributed by atoms with Crippen LogP contribution in [-0.4, -0.2) is 0 Å². The maximum Gasteiger partial charge on any atom is 0.0408 e. The van der Waals surface area contributed by atoms with Crippen molar-refractivity contribution >= 4 is 17.7 Å². The molecule has 0 aromatic heterocycles. The lowest BCUT2D eigenvalue weighted by molar-refractivity contribution is 1.02. The Morgan fingerprint density at radius 2 is 1.83 bits per heavy atom. The standard InChI is InChI=1S/C17H15Cl/c18-16-8-4-7-14(11-16)17-12-15(17)10-9-13-5-2-1-3-6-13/h1-11,15,17H,12H2/b10-9+/t15-,17-/m0/s1. The molecule has 0 spiro atoms. The van der Waals surface area contributed by atoms with Crippen molar-refractivity contribution < 1.29 is 0 Å². The van der Waals surface area contributed by atoms with Gasteiger partial charge in [-0.2, -0.15) is 0 Å². The predicted molar refractivity (Wildman–Crippen MR) is 77.8 cm³/mol. The average Bonchev–Trinajstić information content (AvgIpc) is 3.17. The minimum Gasteiger partial charge on any atom is -0.0843 e. The molecule has 0 amide bonds. The van der Waals surface area contributed by atoms with E-state index < -0.39 is 0 Å². The third-order valence-electron chi connectivity index (χ3n) is 3.45. The molecule has 0 bridgehead atoms. The normalized spacial score (nSPS) is 22.3. The van der Waals surface area contributed by atoms with Crippen LogP contribution in [0.3, 0.4) is 0 Å². The first-order valence-electron chi connectivity index (χ1n) is 6.31. The van der Waals surface area contributed by atoms with Gasteiger partial charge in [0.05, 0.1) is 0 Å². The number of hydrogen-bond acceptors (Lipinski definition) is 0. The zero-order chi connectivity index (χ0) is 12.4. The van der Waals surface area contributed by atoms with Gasteiger partial charge in [0.15, 0.2) is 0 Å². The summed E-state index contributed by atoms with van der Waals surface area (Å²) >= 11 is 6.02. The first-order chi connectivity index (χ1) is 8.83. The number of benzene rings is 2. The van der Waals surface area contributed by atoms with Gasteiger partial charge in [0, 0.05) is 5.02 Å². The number of hydrogen-bond donors (Lipinski definition) is 0. The van der Waals surface area contributed by atoms with E-state index in [9.17, 15) is 0 Å². The summed E-state index contributed by atoms with van der Waals surface area (Å²) in [5, 5.41) is 0.838. The summed E-state index contributed by atoms with van der Waals surface area (Å²) in [6.45, 7) is 0. The first-order valence-corrected chi connectivity index (χ1v) is 6.69. The summed E-state index contributed by atoms with van der Waals surface area (Å²) in [6, 6.07) is 18.7. The Balaban J connectivity index is 1.67. The van der Waals surface area contributed by atoms with Crippen molar-refractivity contribution in [3.63, 3.8) is 0 Å². The van der Waals surface area contributed by atoms with Crippen molar-refractivity contribution in [1.29, 1.82) is 0 Å². The molecule has 90 valence electrons. The van der Waals surface area contributed by atoms with Crippen molar-refractivity contribution in [2.24, 2.45) is 5.92 Å². The van der Waals surface area contributed by atoms with E-state index in [1.807, 2.05) is 18.2 Å². The summed E-state index contributed by atoms with van der Waals surface area (Å²) in [5.74, 6) is 1.33. The van der Waals surface area contributed by atoms with E-state index in [2.05, 4.69) is 48.6 Å². The Labute approximate surface area is 113 Å². The third kappa shape index (κ3) is 2.65. The average molecular weight is 255 g/mol. The minimum atomic E-state index is 0.656. The van der Waals surface area contributed by atoms with E-state index in [1.54, 1.807) is 0 Å². The molecular weight excluding hydrogens is 240 g/mol. The number of rotatable bonds is 3. The van der Waals surface area contributed by atoms with Crippen LogP contribution in [0.5, 0.6) is 0 Å². The van der Waals surface area contributed by atoms with Crippen LogP contribution in [-0.2, 0) is 0 Å². The zero-order valence-corrected chi connectivity index (χ0v) is 10.8. The van der Waals surface area contributed by atoms with Crippen LogP contribution in [0.1, 0.15) is 23.5 Å². The van der Waals surface area contributed by atoms with E-state index in [0.29, 0.717) is 11.8 Å². The van der Waals surface area contributed by atoms with Crippen LogP contribution >= 0.6 is 11.6 Å². The summed E-state index contributed by atoms with van der Waals surface area (Å²) in [6.07, 6.45) is 5.78. The second-order valence-electron chi connectivity index (χ2n) is 4.83. The third-order valence-corrected chi connectivity index (χ3v) is 3.69. The van der Waals surface area contributed by atoms with Crippen molar-refractivity contribution in [2.45, 2.75) is 12.3 Å². The Morgan fingerprint density at radius 3 is 2.61 bits per heavy atom. The molecule has 1 fully saturated rings. The van der Waals surface area contributed by atoms with Crippen molar-refractivity contribution in [1.82, 2.24) is 0 Å². The summed E-state index contributed by atoms with van der Waals surface area (Å²) < 4.78 is 0. The fourth-order valence-corrected chi connectivity index (χ4v) is 2.55. The second-order valence-corrected chi connectivity index (χ2v) is 5.27. The first kappa shape index (κ1) is 11.6. The Hall–Kier alpha value is -1.53. The predicted octanol–water partition coefficient (Wildman–Crippen LogP) is 5.16. The van der Waals surface area contributed by atoms with Gasteiger partial charge in [-0.1, -0.05) is 66.2 Å². The maximum absolute atomic E-state index is 6.02. The molecule has 0 saturated heterocycles. The molecule has 1 aliphatic carbocycles. The van der Waals surface area contributed by atoms with Gasteiger partial charge in [-0.15, -0.1) is 0 Å². The summed E-state index contributed by atoms with van der Waals surface area (Å²) in [5.41, 5.74) is 2.64. The highest BCUT2D eigenvalue weighted by Gasteiger charge is 2.35. The van der Waals surface area contributed by atoms with Gasteiger partial charge >= 0.3 is 0 Å². The molecule has 1 saturated carbocycles. The molecule has 1 heteroatoms. The van der Waals surface area contributed by atoms with Crippen LogP contribution < -0.4 is 0 Å². The smallest absolute Gasteiger partial charge is 0.0408 e. The number of allylic oxidation sites excluding steroid dienone is 1. The topological polar surface area (TPSA) is 0 Å². The lowest BCUT2D eigenvalue weighted by Gasteiger charge is -1.98. The van der Waals surface area contributed by atoms with Gasteiger partial charge in [0.2, 0.25) is 0 Å². The fraction of sp³-hybridized carbons (Fsp3) is 0.176. The summed E-state index contributed by atoms with van der Waals surface area (Å²) in [4.78, 5) is 0. The highest BCUT2D eigenvalue weighted by atomic mass is 35.5. The SMILES string of the molecule is Clc1cccc([C@@H]2C[C@@H]2/C=C/c2ccccc2)c1. The quantitative estimate of drug-likeness (QED) is 0.710. The number of halogens is 1. The van der Waals surface area contributed by atoms with Gasteiger partial charge in [-0.3, -0.25) is 0 Å². The molecule has 0 aliphatic heterocycles. The van der Waals surface area contributed by atoms with E-state index in [0.717, 1.165) is 5.02 Å². The van der Waals surface area contributed by atoms with Gasteiger partial charge in [-0.05, 0) is 41.5 Å². The highest BCUT2D eigenvalue weighted by Crippen LogP contribution is 2.48. The lowest BCUT2D eigenvalue weighted by atomic mass is 10.1. The molecule has 3 rings (SSSR count). The minimum absolute atomic E-state index is 0.656. The van der Waals surface area contributed by atoms with Crippen molar-refractivity contribution in [2.75, 3.05) is 0 Å². The molecule has 0 N–H and O–H groups in total. The monoisotopic (exact) mass is 254 g/mol. The second kappa shape index (κ2) is 4.99. The largest absolute Gasteiger partial charge is 0.0843 e. The zero-order valence-electron chi connectivity index (χ0n) is 10.1. The van der Waals surface area contributed by atoms with Crippen LogP contribution in [0.25, 0.3) is 6.08 Å². The Kier molecular flexibility index (Phi) is 3.21. The van der Waals surface area contributed by atoms with Gasteiger partial charge in [0.25, 0.3) is 0 Å². The molecule has 2 aromatic carbocycles. The molecule has 2 atom stereocenters. The molecule has 0 unspecified atom stereocenters. The summed E-state index contributed by atoms with van der Waals surface area (Å²) in [7, 11) is 0.